The van der Waals surface area contributed by atoms with Crippen molar-refractivity contribution in [2.24, 2.45) is 45.5 Å². The standard InChI is InChI=1S/C34H47N5O7/c1-18-16-39(32(43)36-30(18)41)29-15-27(37-38-35)28(46-29)17-44-31(42)19(2)24-8-9-25-23-7-6-21-14-22(45-20(3)40)10-12-33(21,4)26(23)11-13-34(24,25)5/h14,16,19,22-29H,6-13,15,17H2,1-5H3,(H,36,41,43)/t19?,22?,23?,24?,25?,26?,27-,28?,29?,33?,34?/m0/s1. The predicted octanol–water partition coefficient (Wildman–Crippen LogP) is 5.50. The molecule has 0 bridgehead atoms. The van der Waals surface area contributed by atoms with Gasteiger partial charge in [0.1, 0.15) is 25.0 Å². The second-order valence-electron chi connectivity index (χ2n) is 15.0. The summed E-state index contributed by atoms with van der Waals surface area (Å²) in [5.41, 5.74) is 10.1. The lowest BCUT2D eigenvalue weighted by Crippen LogP contribution is -2.51. The van der Waals surface area contributed by atoms with Crippen LogP contribution in [-0.4, -0.2) is 46.3 Å². The zero-order valence-corrected chi connectivity index (χ0v) is 27.6. The molecule has 12 heteroatoms. The fourth-order valence-corrected chi connectivity index (χ4v) is 10.3. The Morgan fingerprint density at radius 2 is 1.96 bits per heavy atom. The maximum absolute atomic E-state index is 13.6. The fourth-order valence-electron chi connectivity index (χ4n) is 10.3. The topological polar surface area (TPSA) is 165 Å². The van der Waals surface area contributed by atoms with Gasteiger partial charge >= 0.3 is 17.6 Å². The van der Waals surface area contributed by atoms with Gasteiger partial charge in [-0.3, -0.25) is 23.9 Å². The Kier molecular flexibility index (Phi) is 8.74. The molecule has 0 aromatic carbocycles. The van der Waals surface area contributed by atoms with Gasteiger partial charge in [-0.05, 0) is 104 Å². The molecule has 1 saturated heterocycles. The summed E-state index contributed by atoms with van der Waals surface area (Å²) in [7, 11) is 0. The predicted molar refractivity (Wildman–Crippen MR) is 168 cm³/mol. The van der Waals surface area contributed by atoms with E-state index in [-0.39, 0.29) is 53.7 Å². The summed E-state index contributed by atoms with van der Waals surface area (Å²) in [6.07, 6.45) is 10.8. The number of hydrogen-bond donors (Lipinski definition) is 1. The average Bonchev–Trinajstić information content (AvgIpc) is 3.57. The molecule has 3 saturated carbocycles. The summed E-state index contributed by atoms with van der Waals surface area (Å²) in [4.78, 5) is 54.6. The Morgan fingerprint density at radius 3 is 2.70 bits per heavy atom. The Balaban J connectivity index is 1.10. The van der Waals surface area contributed by atoms with Crippen LogP contribution in [0.1, 0.15) is 97.3 Å². The first kappa shape index (κ1) is 32.6. The number of rotatable bonds is 7. The first-order valence-corrected chi connectivity index (χ1v) is 16.9. The Hall–Kier alpha value is -3.37. The zero-order chi connectivity index (χ0) is 33.0. The van der Waals surface area contributed by atoms with E-state index >= 15 is 0 Å². The van der Waals surface area contributed by atoms with Crippen molar-refractivity contribution in [3.63, 3.8) is 0 Å². The molecule has 6 rings (SSSR count). The molecule has 1 N–H and O–H groups in total. The highest BCUT2D eigenvalue weighted by atomic mass is 16.6. The number of aromatic amines is 1. The molecule has 1 aromatic heterocycles. The smallest absolute Gasteiger partial charge is 0.330 e. The van der Waals surface area contributed by atoms with Crippen LogP contribution in [0.15, 0.2) is 32.5 Å². The van der Waals surface area contributed by atoms with E-state index in [9.17, 15) is 19.2 Å². The van der Waals surface area contributed by atoms with Gasteiger partial charge in [0.05, 0.1) is 12.0 Å². The van der Waals surface area contributed by atoms with E-state index in [2.05, 4.69) is 34.9 Å². The van der Waals surface area contributed by atoms with Crippen molar-refractivity contribution in [3.05, 3.63) is 54.7 Å². The zero-order valence-electron chi connectivity index (χ0n) is 27.6. The second-order valence-corrected chi connectivity index (χ2v) is 15.0. The second kappa shape index (κ2) is 12.3. The number of nitrogens with one attached hydrogen (secondary N) is 1. The number of nitrogens with zero attached hydrogens (tertiary/aromatic N) is 4. The highest BCUT2D eigenvalue weighted by Gasteiger charge is 2.60. The summed E-state index contributed by atoms with van der Waals surface area (Å²) in [5.74, 6) is 1.21. The molecule has 10 unspecified atom stereocenters. The minimum Gasteiger partial charge on any atom is -0.463 e. The van der Waals surface area contributed by atoms with E-state index in [1.54, 1.807) is 6.92 Å². The van der Waals surface area contributed by atoms with E-state index in [4.69, 9.17) is 19.7 Å². The van der Waals surface area contributed by atoms with Gasteiger partial charge in [-0.25, -0.2) is 4.79 Å². The van der Waals surface area contributed by atoms with Gasteiger partial charge in [0.15, 0.2) is 0 Å². The van der Waals surface area contributed by atoms with E-state index in [1.165, 1.54) is 23.3 Å². The van der Waals surface area contributed by atoms with Crippen LogP contribution >= 0.6 is 0 Å². The molecule has 0 amide bonds. The van der Waals surface area contributed by atoms with Crippen molar-refractivity contribution >= 4 is 11.9 Å². The lowest BCUT2D eigenvalue weighted by molar-refractivity contribution is -0.158. The molecule has 4 aliphatic carbocycles. The highest BCUT2D eigenvalue weighted by molar-refractivity contribution is 5.72. The average molecular weight is 638 g/mol. The van der Waals surface area contributed by atoms with Crippen LogP contribution < -0.4 is 11.2 Å². The minimum atomic E-state index is -0.756. The van der Waals surface area contributed by atoms with Gasteiger partial charge in [-0.2, -0.15) is 0 Å². The summed E-state index contributed by atoms with van der Waals surface area (Å²) < 4.78 is 18.8. The van der Waals surface area contributed by atoms with Crippen LogP contribution in [0, 0.1) is 47.3 Å². The van der Waals surface area contributed by atoms with E-state index in [0.717, 1.165) is 51.4 Å². The molecule has 46 heavy (non-hydrogen) atoms. The van der Waals surface area contributed by atoms with Gasteiger partial charge in [0.2, 0.25) is 0 Å². The molecule has 2 heterocycles. The van der Waals surface area contributed by atoms with Crippen LogP contribution in [0.5, 0.6) is 0 Å². The van der Waals surface area contributed by atoms with Crippen LogP contribution in [0.4, 0.5) is 0 Å². The third-order valence-corrected chi connectivity index (χ3v) is 12.7. The number of hydrogen-bond acceptors (Lipinski definition) is 8. The number of H-pyrrole nitrogens is 1. The van der Waals surface area contributed by atoms with Crippen molar-refractivity contribution in [1.29, 1.82) is 0 Å². The number of aryl methyl sites for hydroxylation is 1. The molecule has 4 fully saturated rings. The number of carbonyl (C=O) groups is 2. The lowest BCUT2D eigenvalue weighted by Gasteiger charge is -2.59. The summed E-state index contributed by atoms with van der Waals surface area (Å²) >= 11 is 0. The molecule has 12 nitrogen and oxygen atoms in total. The molecule has 0 spiro atoms. The molecule has 1 aliphatic heterocycles. The van der Waals surface area contributed by atoms with Crippen LogP contribution in [0.25, 0.3) is 10.4 Å². The number of azide groups is 1. The maximum Gasteiger partial charge on any atom is 0.330 e. The Labute approximate surface area is 268 Å². The monoisotopic (exact) mass is 637 g/mol. The summed E-state index contributed by atoms with van der Waals surface area (Å²) in [5, 5.41) is 3.86. The van der Waals surface area contributed by atoms with Gasteiger partial charge in [0, 0.05) is 30.0 Å². The Bertz CT molecular complexity index is 1580. The highest BCUT2D eigenvalue weighted by Crippen LogP contribution is 2.67. The number of aromatic nitrogens is 2. The first-order chi connectivity index (χ1) is 21.9. The number of fused-ring (bicyclic) bond motifs is 5. The molecule has 0 radical (unpaired) electrons. The molecular formula is C34H47N5O7. The SMILES string of the molecule is CC(=O)OC1C=C2CCC3C(CCC4(C)C(C(C)C(=O)OCC5OC(n6cc(C)c(=O)[nH]c6=O)C[C@@H]5N=[N+]=[N-])CCC34)C2(C)CC1. The van der Waals surface area contributed by atoms with Crippen molar-refractivity contribution in [2.75, 3.05) is 6.61 Å². The summed E-state index contributed by atoms with van der Waals surface area (Å²) in [6.45, 7) is 9.81. The maximum atomic E-state index is 13.6. The summed E-state index contributed by atoms with van der Waals surface area (Å²) in [6, 6.07) is -0.628. The van der Waals surface area contributed by atoms with Gasteiger partial charge < -0.3 is 14.2 Å². The van der Waals surface area contributed by atoms with Crippen LogP contribution in [0.2, 0.25) is 0 Å². The van der Waals surface area contributed by atoms with Gasteiger partial charge in [-0.15, -0.1) is 0 Å². The number of allylic oxidation sites excluding steroid dienone is 1. The van der Waals surface area contributed by atoms with Crippen molar-refractivity contribution < 1.29 is 23.8 Å². The minimum absolute atomic E-state index is 0.0535. The molecule has 11 atom stereocenters. The molecule has 1 aromatic rings. The molecular weight excluding hydrogens is 590 g/mol. The number of esters is 2. The first-order valence-electron chi connectivity index (χ1n) is 16.9. The Morgan fingerprint density at radius 1 is 1.17 bits per heavy atom. The van der Waals surface area contributed by atoms with Crippen molar-refractivity contribution in [1.82, 2.24) is 9.55 Å². The van der Waals surface area contributed by atoms with Crippen molar-refractivity contribution in [3.8, 4) is 0 Å². The lowest BCUT2D eigenvalue weighted by atomic mass is 9.46. The molecule has 250 valence electrons. The number of ether oxygens (including phenoxy) is 3. The van der Waals surface area contributed by atoms with E-state index in [0.29, 0.717) is 23.3 Å². The van der Waals surface area contributed by atoms with Crippen LogP contribution in [-0.2, 0) is 23.8 Å². The molecule has 5 aliphatic rings. The third-order valence-electron chi connectivity index (χ3n) is 12.7. The largest absolute Gasteiger partial charge is 0.463 e. The number of carbonyl (C=O) groups excluding carboxylic acids is 2. The normalized spacial score (nSPS) is 38.8. The third kappa shape index (κ3) is 5.61. The fraction of sp³-hybridized carbons (Fsp3) is 0.765. The van der Waals surface area contributed by atoms with Crippen molar-refractivity contribution in [2.45, 2.75) is 117 Å². The van der Waals surface area contributed by atoms with Gasteiger partial charge in [-0.1, -0.05) is 31.5 Å². The van der Waals surface area contributed by atoms with E-state index < -0.39 is 29.6 Å². The van der Waals surface area contributed by atoms with E-state index in [1.807, 2.05) is 6.92 Å². The van der Waals surface area contributed by atoms with Crippen LogP contribution in [0.3, 0.4) is 0 Å². The quantitative estimate of drug-likeness (QED) is 0.135. The van der Waals surface area contributed by atoms with Gasteiger partial charge in [0.25, 0.3) is 5.56 Å².